The van der Waals surface area contributed by atoms with Gasteiger partial charge in [0.2, 0.25) is 0 Å². The maximum Gasteiger partial charge on any atom is 0.279 e. The number of aryl methyl sites for hydroxylation is 2. The number of benzene rings is 1. The molecule has 3 heterocycles. The molecule has 0 spiro atoms. The monoisotopic (exact) mass is 383 g/mol. The van der Waals surface area contributed by atoms with Crippen LogP contribution in [0.2, 0.25) is 0 Å². The lowest BCUT2D eigenvalue weighted by Gasteiger charge is -2.31. The molecule has 134 valence electrons. The molecule has 2 atom stereocenters. The van der Waals surface area contributed by atoms with Gasteiger partial charge in [0, 0.05) is 22.5 Å². The van der Waals surface area contributed by atoms with E-state index in [1.807, 2.05) is 24.3 Å². The van der Waals surface area contributed by atoms with Gasteiger partial charge in [0.25, 0.3) is 5.91 Å². The number of hydrogen-bond donors (Lipinski definition) is 2. The van der Waals surface area contributed by atoms with Crippen molar-refractivity contribution in [3.63, 3.8) is 0 Å². The van der Waals surface area contributed by atoms with Crippen LogP contribution in [0.4, 0.5) is 5.69 Å². The van der Waals surface area contributed by atoms with Crippen LogP contribution in [0, 0.1) is 13.8 Å². The Morgan fingerprint density at radius 1 is 1.19 bits per heavy atom. The maximum absolute atomic E-state index is 12.8. The van der Waals surface area contributed by atoms with Gasteiger partial charge in [0.1, 0.15) is 6.04 Å². The molecule has 4 rings (SSSR count). The first-order chi connectivity index (χ1) is 12.6. The van der Waals surface area contributed by atoms with Gasteiger partial charge in [-0.2, -0.15) is 0 Å². The van der Waals surface area contributed by atoms with Crippen molar-refractivity contribution in [2.45, 2.75) is 26.3 Å². The zero-order chi connectivity index (χ0) is 18.1. The lowest BCUT2D eigenvalue weighted by atomic mass is 9.98. The predicted molar refractivity (Wildman–Crippen MR) is 109 cm³/mol. The van der Waals surface area contributed by atoms with Gasteiger partial charge in [-0.15, -0.1) is 22.7 Å². The van der Waals surface area contributed by atoms with E-state index in [4.69, 9.17) is 0 Å². The number of nitrogens with one attached hydrogen (secondary N) is 2. The molecule has 1 amide bonds. The highest BCUT2D eigenvalue weighted by Crippen LogP contribution is 2.31. The molecule has 2 N–H and O–H groups in total. The number of thiophene rings is 2. The molecule has 1 aliphatic rings. The molecular formula is C21H23N2OS2+. The summed E-state index contributed by atoms with van der Waals surface area (Å²) >= 11 is 3.63. The van der Waals surface area contributed by atoms with Crippen LogP contribution in [0.15, 0.2) is 47.2 Å². The average Bonchev–Trinajstić information content (AvgIpc) is 3.29. The third-order valence-electron chi connectivity index (χ3n) is 5.05. The van der Waals surface area contributed by atoms with Gasteiger partial charge in [-0.3, -0.25) is 4.79 Å². The van der Waals surface area contributed by atoms with Gasteiger partial charge in [0.05, 0.1) is 11.4 Å². The molecule has 0 saturated carbocycles. The second-order valence-electron chi connectivity index (χ2n) is 6.95. The summed E-state index contributed by atoms with van der Waals surface area (Å²) in [7, 11) is 0. The molecule has 1 aromatic carbocycles. The molecule has 0 saturated heterocycles. The molecule has 0 bridgehead atoms. The van der Waals surface area contributed by atoms with Crippen molar-refractivity contribution < 1.29 is 9.69 Å². The minimum absolute atomic E-state index is 0.0916. The largest absolute Gasteiger partial charge is 0.321 e. The standard InChI is InChI=1S/C21H22N2OS2/c1-14-5-6-15(2)17(12-14)22-20(24)13-23-9-7-18-16(8-11-26-18)21(23)19-4-3-10-25-19/h3-6,8,10-12,21H,7,9,13H2,1-2H3,(H,22,24)/p+1/t21-/m0/s1. The van der Waals surface area contributed by atoms with E-state index in [1.165, 1.54) is 20.2 Å². The zero-order valence-corrected chi connectivity index (χ0v) is 16.7. The fourth-order valence-corrected chi connectivity index (χ4v) is 5.54. The third kappa shape index (κ3) is 3.47. The van der Waals surface area contributed by atoms with E-state index >= 15 is 0 Å². The summed E-state index contributed by atoms with van der Waals surface area (Å²) < 4.78 is 0. The molecule has 0 aliphatic carbocycles. The first-order valence-electron chi connectivity index (χ1n) is 8.93. The molecular weight excluding hydrogens is 360 g/mol. The van der Waals surface area contributed by atoms with Crippen LogP contribution in [0.1, 0.15) is 32.5 Å². The number of fused-ring (bicyclic) bond motifs is 1. The lowest BCUT2D eigenvalue weighted by Crippen LogP contribution is -3.14. The number of anilines is 1. The topological polar surface area (TPSA) is 33.5 Å². The van der Waals surface area contributed by atoms with Crippen molar-refractivity contribution in [3.05, 3.63) is 73.6 Å². The highest BCUT2D eigenvalue weighted by molar-refractivity contribution is 7.10. The number of amides is 1. The second kappa shape index (κ2) is 7.35. The summed E-state index contributed by atoms with van der Waals surface area (Å²) in [5.74, 6) is 0.0916. The van der Waals surface area contributed by atoms with Gasteiger partial charge < -0.3 is 10.2 Å². The molecule has 0 fully saturated rings. The maximum atomic E-state index is 12.8. The number of quaternary nitrogens is 1. The highest BCUT2D eigenvalue weighted by atomic mass is 32.1. The minimum Gasteiger partial charge on any atom is -0.321 e. The SMILES string of the molecule is Cc1ccc(C)c(NC(=O)C[NH+]2CCc3sccc3[C@H]2c2cccs2)c1. The Kier molecular flexibility index (Phi) is 4.94. The van der Waals surface area contributed by atoms with E-state index in [-0.39, 0.29) is 11.9 Å². The highest BCUT2D eigenvalue weighted by Gasteiger charge is 2.35. The smallest absolute Gasteiger partial charge is 0.279 e. The Labute approximate surface area is 162 Å². The third-order valence-corrected chi connectivity index (χ3v) is 6.99. The van der Waals surface area contributed by atoms with E-state index in [1.54, 1.807) is 11.3 Å². The second-order valence-corrected chi connectivity index (χ2v) is 8.93. The van der Waals surface area contributed by atoms with E-state index in [0.717, 1.165) is 29.8 Å². The van der Waals surface area contributed by atoms with Crippen LogP contribution in [0.5, 0.6) is 0 Å². The van der Waals surface area contributed by atoms with Crippen LogP contribution < -0.4 is 10.2 Å². The van der Waals surface area contributed by atoms with E-state index < -0.39 is 0 Å². The first kappa shape index (κ1) is 17.5. The van der Waals surface area contributed by atoms with Crippen molar-refractivity contribution in [2.24, 2.45) is 0 Å². The number of carbonyl (C=O) groups excluding carboxylic acids is 1. The van der Waals surface area contributed by atoms with E-state index in [2.05, 4.69) is 53.3 Å². The van der Waals surface area contributed by atoms with Crippen molar-refractivity contribution in [1.82, 2.24) is 0 Å². The van der Waals surface area contributed by atoms with Gasteiger partial charge >= 0.3 is 0 Å². The van der Waals surface area contributed by atoms with Gasteiger partial charge in [0.15, 0.2) is 6.54 Å². The summed E-state index contributed by atoms with van der Waals surface area (Å²) in [5.41, 5.74) is 4.59. The predicted octanol–water partition coefficient (Wildman–Crippen LogP) is 3.60. The van der Waals surface area contributed by atoms with Gasteiger partial charge in [-0.1, -0.05) is 18.2 Å². The van der Waals surface area contributed by atoms with Crippen LogP contribution in [-0.2, 0) is 11.2 Å². The van der Waals surface area contributed by atoms with Crippen molar-refractivity contribution in [2.75, 3.05) is 18.4 Å². The van der Waals surface area contributed by atoms with Gasteiger partial charge in [-0.25, -0.2) is 0 Å². The zero-order valence-electron chi connectivity index (χ0n) is 15.0. The fourth-order valence-electron chi connectivity index (χ4n) is 3.72. The Morgan fingerprint density at radius 3 is 2.88 bits per heavy atom. The summed E-state index contributed by atoms with van der Waals surface area (Å²) in [4.78, 5) is 16.9. The Balaban J connectivity index is 1.55. The Bertz CT molecular complexity index is 914. The molecule has 0 radical (unpaired) electrons. The van der Waals surface area contributed by atoms with Crippen LogP contribution in [0.25, 0.3) is 0 Å². The molecule has 3 nitrogen and oxygen atoms in total. The van der Waals surface area contributed by atoms with Crippen LogP contribution >= 0.6 is 22.7 Å². The summed E-state index contributed by atoms with van der Waals surface area (Å²) in [6.07, 6.45) is 1.06. The summed E-state index contributed by atoms with van der Waals surface area (Å²) in [6.45, 7) is 5.58. The molecule has 2 aromatic heterocycles. The molecule has 3 aromatic rings. The molecule has 26 heavy (non-hydrogen) atoms. The van der Waals surface area contributed by atoms with Crippen molar-refractivity contribution in [1.29, 1.82) is 0 Å². The van der Waals surface area contributed by atoms with E-state index in [9.17, 15) is 4.79 Å². The average molecular weight is 384 g/mol. The number of hydrogen-bond acceptors (Lipinski definition) is 3. The molecule has 1 aliphatic heterocycles. The minimum atomic E-state index is 0.0916. The van der Waals surface area contributed by atoms with Crippen molar-refractivity contribution in [3.8, 4) is 0 Å². The molecule has 5 heteroatoms. The Hall–Kier alpha value is -1.95. The lowest BCUT2D eigenvalue weighted by molar-refractivity contribution is -0.919. The van der Waals surface area contributed by atoms with Crippen molar-refractivity contribution >= 4 is 34.3 Å². The number of carbonyl (C=O) groups is 1. The van der Waals surface area contributed by atoms with Crippen LogP contribution in [0.3, 0.4) is 0 Å². The quantitative estimate of drug-likeness (QED) is 0.709. The first-order valence-corrected chi connectivity index (χ1v) is 10.7. The van der Waals surface area contributed by atoms with Crippen LogP contribution in [-0.4, -0.2) is 19.0 Å². The van der Waals surface area contributed by atoms with Gasteiger partial charge in [-0.05, 0) is 53.9 Å². The Morgan fingerprint density at radius 2 is 2.08 bits per heavy atom. The fraction of sp³-hybridized carbons (Fsp3) is 0.286. The normalized spacial score (nSPS) is 19.2. The summed E-state index contributed by atoms with van der Waals surface area (Å²) in [5, 5.41) is 7.44. The summed E-state index contributed by atoms with van der Waals surface area (Å²) in [6, 6.07) is 13.0. The van der Waals surface area contributed by atoms with E-state index in [0.29, 0.717) is 6.54 Å². The molecule has 1 unspecified atom stereocenters. The number of rotatable bonds is 4.